The molecular formula is C19H33N5O. The number of rotatable bonds is 7. The predicted octanol–water partition coefficient (Wildman–Crippen LogP) is 2.41. The number of pyridine rings is 1. The van der Waals surface area contributed by atoms with Gasteiger partial charge in [0, 0.05) is 45.0 Å². The van der Waals surface area contributed by atoms with Crippen LogP contribution in [0.15, 0.2) is 23.3 Å². The van der Waals surface area contributed by atoms with Crippen molar-refractivity contribution in [1.29, 1.82) is 0 Å². The van der Waals surface area contributed by atoms with Crippen molar-refractivity contribution in [2.24, 2.45) is 4.99 Å². The van der Waals surface area contributed by atoms with Gasteiger partial charge in [-0.2, -0.15) is 0 Å². The Morgan fingerprint density at radius 2 is 2.12 bits per heavy atom. The average molecular weight is 348 g/mol. The largest absolute Gasteiger partial charge is 0.475 e. The molecule has 6 nitrogen and oxygen atoms in total. The topological polar surface area (TPSA) is 61.8 Å². The summed E-state index contributed by atoms with van der Waals surface area (Å²) in [5, 5.41) is 6.92. The van der Waals surface area contributed by atoms with Gasteiger partial charge in [-0.3, -0.25) is 4.99 Å². The molecule has 1 saturated heterocycles. The summed E-state index contributed by atoms with van der Waals surface area (Å²) in [6.07, 6.45) is 5.56. The fourth-order valence-corrected chi connectivity index (χ4v) is 3.02. The Labute approximate surface area is 152 Å². The standard InChI is InChI=1S/C19H33N5O/c1-5-10-24-11-8-17(9-12-24)23-19(20-4)22-14-16-6-7-18(21-13-16)25-15(2)3/h6-7,13,15,17H,5,8-12,14H2,1-4H3,(H2,20,22,23). The summed E-state index contributed by atoms with van der Waals surface area (Å²) >= 11 is 0. The minimum absolute atomic E-state index is 0.142. The molecule has 0 atom stereocenters. The first-order chi connectivity index (χ1) is 12.1. The molecule has 0 amide bonds. The van der Waals surface area contributed by atoms with E-state index in [0.717, 1.165) is 11.5 Å². The Morgan fingerprint density at radius 1 is 1.36 bits per heavy atom. The second-order valence-corrected chi connectivity index (χ2v) is 6.86. The Morgan fingerprint density at radius 3 is 2.68 bits per heavy atom. The first-order valence-electron chi connectivity index (χ1n) is 9.41. The van der Waals surface area contributed by atoms with Crippen molar-refractivity contribution in [3.8, 4) is 5.88 Å². The maximum Gasteiger partial charge on any atom is 0.213 e. The van der Waals surface area contributed by atoms with Crippen molar-refractivity contribution in [2.45, 2.75) is 58.7 Å². The number of nitrogens with one attached hydrogen (secondary N) is 2. The Balaban J connectivity index is 1.75. The van der Waals surface area contributed by atoms with Crippen molar-refractivity contribution in [2.75, 3.05) is 26.7 Å². The number of piperidine rings is 1. The van der Waals surface area contributed by atoms with E-state index < -0.39 is 0 Å². The number of likely N-dealkylation sites (tertiary alicyclic amines) is 1. The molecule has 2 heterocycles. The molecule has 1 aromatic rings. The van der Waals surface area contributed by atoms with Gasteiger partial charge in [0.25, 0.3) is 0 Å². The number of hydrogen-bond donors (Lipinski definition) is 2. The first-order valence-corrected chi connectivity index (χ1v) is 9.41. The Bertz CT molecular complexity index is 521. The van der Waals surface area contributed by atoms with Gasteiger partial charge < -0.3 is 20.3 Å². The van der Waals surface area contributed by atoms with Crippen LogP contribution >= 0.6 is 0 Å². The van der Waals surface area contributed by atoms with Gasteiger partial charge in [-0.25, -0.2) is 4.98 Å². The maximum atomic E-state index is 5.57. The smallest absolute Gasteiger partial charge is 0.213 e. The van der Waals surface area contributed by atoms with Gasteiger partial charge in [0.05, 0.1) is 6.10 Å². The summed E-state index contributed by atoms with van der Waals surface area (Å²) in [5.74, 6) is 1.52. The highest BCUT2D eigenvalue weighted by molar-refractivity contribution is 5.79. The lowest BCUT2D eigenvalue weighted by molar-refractivity contribution is 0.206. The number of guanidine groups is 1. The normalized spacial score (nSPS) is 16.9. The van der Waals surface area contributed by atoms with E-state index in [1.165, 1.54) is 38.9 Å². The van der Waals surface area contributed by atoms with Gasteiger partial charge >= 0.3 is 0 Å². The van der Waals surface area contributed by atoms with Crippen LogP contribution in [0.5, 0.6) is 5.88 Å². The molecule has 140 valence electrons. The first kappa shape index (κ1) is 19.5. The van der Waals surface area contributed by atoms with Gasteiger partial charge in [0.1, 0.15) is 0 Å². The lowest BCUT2D eigenvalue weighted by Gasteiger charge is -2.32. The van der Waals surface area contributed by atoms with Crippen molar-refractivity contribution >= 4 is 5.96 Å². The molecule has 2 rings (SSSR count). The third-order valence-corrected chi connectivity index (χ3v) is 4.31. The van der Waals surface area contributed by atoms with Crippen molar-refractivity contribution in [1.82, 2.24) is 20.5 Å². The molecule has 1 aliphatic heterocycles. The maximum absolute atomic E-state index is 5.57. The number of aromatic nitrogens is 1. The number of hydrogen-bond acceptors (Lipinski definition) is 4. The van der Waals surface area contributed by atoms with E-state index in [1.54, 1.807) is 0 Å². The zero-order valence-electron chi connectivity index (χ0n) is 16.1. The summed E-state index contributed by atoms with van der Waals surface area (Å²) in [7, 11) is 1.82. The van der Waals surface area contributed by atoms with Gasteiger partial charge in [0.15, 0.2) is 5.96 Å². The molecule has 0 radical (unpaired) electrons. The van der Waals surface area contributed by atoms with Crippen molar-refractivity contribution < 1.29 is 4.74 Å². The third-order valence-electron chi connectivity index (χ3n) is 4.31. The van der Waals surface area contributed by atoms with E-state index in [2.05, 4.69) is 32.4 Å². The minimum Gasteiger partial charge on any atom is -0.475 e. The van der Waals surface area contributed by atoms with Crippen LogP contribution in [0.3, 0.4) is 0 Å². The number of ether oxygens (including phenoxy) is 1. The van der Waals surface area contributed by atoms with E-state index in [9.17, 15) is 0 Å². The molecule has 25 heavy (non-hydrogen) atoms. The van der Waals surface area contributed by atoms with Crippen molar-refractivity contribution in [3.63, 3.8) is 0 Å². The van der Waals surface area contributed by atoms with E-state index in [-0.39, 0.29) is 6.10 Å². The summed E-state index contributed by atoms with van der Waals surface area (Å²) in [6.45, 7) is 10.5. The van der Waals surface area contributed by atoms with Gasteiger partial charge in [-0.15, -0.1) is 0 Å². The highest BCUT2D eigenvalue weighted by Gasteiger charge is 2.19. The second-order valence-electron chi connectivity index (χ2n) is 6.86. The SMILES string of the molecule is CCCN1CCC(NC(=NC)NCc2ccc(OC(C)C)nc2)CC1. The lowest BCUT2D eigenvalue weighted by atomic mass is 10.1. The monoisotopic (exact) mass is 347 g/mol. The molecule has 0 unspecified atom stereocenters. The molecule has 0 saturated carbocycles. The van der Waals surface area contributed by atoms with Crippen LogP contribution in [0, 0.1) is 0 Å². The highest BCUT2D eigenvalue weighted by atomic mass is 16.5. The number of aliphatic imine (C=N–C) groups is 1. The summed E-state index contributed by atoms with van der Waals surface area (Å²) < 4.78 is 5.57. The number of nitrogens with zero attached hydrogens (tertiary/aromatic N) is 3. The highest BCUT2D eigenvalue weighted by Crippen LogP contribution is 2.11. The molecule has 1 fully saturated rings. The Hall–Kier alpha value is -1.82. The molecule has 0 spiro atoms. The molecule has 0 bridgehead atoms. The van der Waals surface area contributed by atoms with Crippen LogP contribution in [-0.4, -0.2) is 54.7 Å². The van der Waals surface area contributed by atoms with E-state index in [1.807, 2.05) is 39.2 Å². The lowest BCUT2D eigenvalue weighted by Crippen LogP contribution is -2.48. The fraction of sp³-hybridized carbons (Fsp3) is 0.684. The van der Waals surface area contributed by atoms with E-state index in [4.69, 9.17) is 4.74 Å². The van der Waals surface area contributed by atoms with Crippen LogP contribution in [0.4, 0.5) is 0 Å². The van der Waals surface area contributed by atoms with Gasteiger partial charge in [-0.05, 0) is 45.2 Å². The third kappa shape index (κ3) is 6.90. The Kier molecular flexibility index (Phi) is 7.98. The fourth-order valence-electron chi connectivity index (χ4n) is 3.02. The summed E-state index contributed by atoms with van der Waals surface area (Å²) in [5.41, 5.74) is 1.11. The van der Waals surface area contributed by atoms with Crippen LogP contribution in [-0.2, 0) is 6.54 Å². The molecule has 0 aromatic carbocycles. The average Bonchev–Trinajstić information content (AvgIpc) is 2.61. The summed E-state index contributed by atoms with van der Waals surface area (Å²) in [6, 6.07) is 4.45. The van der Waals surface area contributed by atoms with Crippen molar-refractivity contribution in [3.05, 3.63) is 23.9 Å². The molecule has 1 aliphatic rings. The van der Waals surface area contributed by atoms with E-state index >= 15 is 0 Å². The zero-order chi connectivity index (χ0) is 18.1. The zero-order valence-corrected chi connectivity index (χ0v) is 16.1. The quantitative estimate of drug-likeness (QED) is 0.586. The minimum atomic E-state index is 0.142. The van der Waals surface area contributed by atoms with Crippen LogP contribution < -0.4 is 15.4 Å². The van der Waals surface area contributed by atoms with Crippen LogP contribution in [0.2, 0.25) is 0 Å². The molecule has 1 aromatic heterocycles. The molecule has 2 N–H and O–H groups in total. The molecule has 0 aliphatic carbocycles. The summed E-state index contributed by atoms with van der Waals surface area (Å²) in [4.78, 5) is 11.2. The second kappa shape index (κ2) is 10.2. The predicted molar refractivity (Wildman–Crippen MR) is 103 cm³/mol. The van der Waals surface area contributed by atoms with E-state index in [0.29, 0.717) is 18.5 Å². The molecule has 6 heteroatoms. The van der Waals surface area contributed by atoms with Gasteiger partial charge in [-0.1, -0.05) is 13.0 Å². The van der Waals surface area contributed by atoms with Gasteiger partial charge in [0.2, 0.25) is 5.88 Å². The molecular weight excluding hydrogens is 314 g/mol. The van der Waals surface area contributed by atoms with Crippen LogP contribution in [0.1, 0.15) is 45.6 Å². The van der Waals surface area contributed by atoms with Crippen LogP contribution in [0.25, 0.3) is 0 Å².